The van der Waals surface area contributed by atoms with Gasteiger partial charge in [0.05, 0.1) is 6.10 Å². The second-order valence-electron chi connectivity index (χ2n) is 4.69. The van der Waals surface area contributed by atoms with Crippen LogP contribution >= 0.6 is 11.3 Å². The smallest absolute Gasteiger partial charge is 0.0688 e. The lowest BCUT2D eigenvalue weighted by Gasteiger charge is -2.29. The summed E-state index contributed by atoms with van der Waals surface area (Å²) in [5, 5.41) is 13.0. The number of rotatable bonds is 4. The molecule has 0 aromatic carbocycles. The van der Waals surface area contributed by atoms with E-state index in [-0.39, 0.29) is 11.6 Å². The molecule has 0 bridgehead atoms. The van der Waals surface area contributed by atoms with Crippen LogP contribution in [-0.4, -0.2) is 16.7 Å². The zero-order valence-corrected chi connectivity index (χ0v) is 11.0. The molecule has 0 aliphatic carbocycles. The van der Waals surface area contributed by atoms with Gasteiger partial charge in [-0.1, -0.05) is 0 Å². The second-order valence-corrected chi connectivity index (χ2v) is 6.15. The van der Waals surface area contributed by atoms with Crippen LogP contribution in [0.5, 0.6) is 0 Å². The van der Waals surface area contributed by atoms with Crippen LogP contribution in [0.15, 0.2) is 6.07 Å². The highest BCUT2D eigenvalue weighted by atomic mass is 32.1. The molecule has 86 valence electrons. The Morgan fingerprint density at radius 3 is 2.47 bits per heavy atom. The van der Waals surface area contributed by atoms with E-state index in [1.54, 1.807) is 0 Å². The van der Waals surface area contributed by atoms with Crippen molar-refractivity contribution in [2.75, 3.05) is 0 Å². The summed E-state index contributed by atoms with van der Waals surface area (Å²) in [6.45, 7) is 11.0. The number of thiophene rings is 1. The third-order valence-electron chi connectivity index (χ3n) is 2.92. The summed E-state index contributed by atoms with van der Waals surface area (Å²) >= 11 is 1.83. The van der Waals surface area contributed by atoms with E-state index in [9.17, 15) is 5.11 Å². The van der Waals surface area contributed by atoms with Gasteiger partial charge in [-0.3, -0.25) is 0 Å². The zero-order valence-electron chi connectivity index (χ0n) is 10.2. The normalized spacial score (nSPS) is 14.3. The molecule has 0 saturated heterocycles. The molecule has 2 nitrogen and oxygen atoms in total. The molecule has 1 aromatic heterocycles. The molecule has 1 atom stereocenters. The van der Waals surface area contributed by atoms with E-state index in [0.29, 0.717) is 0 Å². The summed E-state index contributed by atoms with van der Waals surface area (Å²) in [7, 11) is 0. The highest BCUT2D eigenvalue weighted by Gasteiger charge is 2.23. The van der Waals surface area contributed by atoms with E-state index in [4.69, 9.17) is 0 Å². The minimum atomic E-state index is -0.350. The van der Waals surface area contributed by atoms with Crippen molar-refractivity contribution in [3.05, 3.63) is 21.4 Å². The number of aliphatic hydroxyl groups excluding tert-OH is 1. The molecular weight excluding hydrogens is 206 g/mol. The van der Waals surface area contributed by atoms with Gasteiger partial charge in [-0.15, -0.1) is 11.3 Å². The molecule has 0 aliphatic heterocycles. The minimum absolute atomic E-state index is 0.234. The molecule has 0 spiro atoms. The largest absolute Gasteiger partial charge is 0.392 e. The summed E-state index contributed by atoms with van der Waals surface area (Å²) in [5.41, 5.74) is 1.11. The standard InChI is InChI=1S/C12H21NOS/c1-8-6-11(9(2)15-8)7-13-12(4,5)10(3)14/h6,10,13-14H,7H2,1-5H3. The van der Waals surface area contributed by atoms with Gasteiger partial charge in [-0.2, -0.15) is 0 Å². The molecule has 0 fully saturated rings. The maximum Gasteiger partial charge on any atom is 0.0688 e. The van der Waals surface area contributed by atoms with E-state index in [2.05, 4.69) is 25.2 Å². The first kappa shape index (κ1) is 12.7. The highest BCUT2D eigenvalue weighted by Crippen LogP contribution is 2.21. The molecule has 2 N–H and O–H groups in total. The molecule has 0 amide bonds. The Kier molecular flexibility index (Phi) is 3.93. The molecule has 1 heterocycles. The third-order valence-corrected chi connectivity index (χ3v) is 3.93. The summed E-state index contributed by atoms with van der Waals surface area (Å²) in [4.78, 5) is 2.71. The zero-order chi connectivity index (χ0) is 11.6. The predicted octanol–water partition coefficient (Wildman–Crippen LogP) is 2.61. The van der Waals surface area contributed by atoms with Gasteiger partial charge in [-0.25, -0.2) is 0 Å². The minimum Gasteiger partial charge on any atom is -0.392 e. The Morgan fingerprint density at radius 1 is 1.47 bits per heavy atom. The van der Waals surface area contributed by atoms with Crippen LogP contribution in [0.3, 0.4) is 0 Å². The van der Waals surface area contributed by atoms with Gasteiger partial charge in [0.15, 0.2) is 0 Å². The Balaban J connectivity index is 2.61. The maximum atomic E-state index is 9.57. The van der Waals surface area contributed by atoms with Crippen LogP contribution < -0.4 is 5.32 Å². The van der Waals surface area contributed by atoms with Crippen molar-refractivity contribution in [3.63, 3.8) is 0 Å². The molecule has 1 rings (SSSR count). The summed E-state index contributed by atoms with van der Waals surface area (Å²) in [6, 6.07) is 2.21. The SMILES string of the molecule is Cc1cc(CNC(C)(C)C(C)O)c(C)s1. The van der Waals surface area contributed by atoms with E-state index >= 15 is 0 Å². The lowest BCUT2D eigenvalue weighted by Crippen LogP contribution is -2.47. The Hall–Kier alpha value is -0.380. The highest BCUT2D eigenvalue weighted by molar-refractivity contribution is 7.12. The summed E-state index contributed by atoms with van der Waals surface area (Å²) in [5.74, 6) is 0. The lowest BCUT2D eigenvalue weighted by molar-refractivity contribution is 0.0956. The summed E-state index contributed by atoms with van der Waals surface area (Å²) in [6.07, 6.45) is -0.350. The first-order valence-electron chi connectivity index (χ1n) is 5.32. The second kappa shape index (κ2) is 4.64. The lowest BCUT2D eigenvalue weighted by atomic mass is 9.98. The molecule has 1 unspecified atom stereocenters. The Labute approximate surface area is 96.3 Å². The van der Waals surface area contributed by atoms with Crippen molar-refractivity contribution >= 4 is 11.3 Å². The average Bonchev–Trinajstić information content (AvgIpc) is 2.41. The van der Waals surface area contributed by atoms with Crippen LogP contribution in [-0.2, 0) is 6.54 Å². The quantitative estimate of drug-likeness (QED) is 0.828. The fraction of sp³-hybridized carbons (Fsp3) is 0.667. The molecule has 15 heavy (non-hydrogen) atoms. The van der Waals surface area contributed by atoms with Crippen LogP contribution in [0.2, 0.25) is 0 Å². The number of aryl methyl sites for hydroxylation is 2. The number of aliphatic hydroxyl groups is 1. The molecule has 3 heteroatoms. The van der Waals surface area contributed by atoms with Crippen LogP contribution in [0.4, 0.5) is 0 Å². The van der Waals surface area contributed by atoms with Gasteiger partial charge in [-0.05, 0) is 46.2 Å². The van der Waals surface area contributed by atoms with E-state index < -0.39 is 0 Å². The van der Waals surface area contributed by atoms with Crippen LogP contribution in [0.1, 0.15) is 36.1 Å². The topological polar surface area (TPSA) is 32.3 Å². The fourth-order valence-corrected chi connectivity index (χ4v) is 2.28. The van der Waals surface area contributed by atoms with Crippen molar-refractivity contribution in [3.8, 4) is 0 Å². The summed E-state index contributed by atoms with van der Waals surface area (Å²) < 4.78 is 0. The van der Waals surface area contributed by atoms with E-state index in [0.717, 1.165) is 6.54 Å². The van der Waals surface area contributed by atoms with Crippen molar-refractivity contribution in [1.29, 1.82) is 0 Å². The predicted molar refractivity (Wildman–Crippen MR) is 66.4 cm³/mol. The van der Waals surface area contributed by atoms with Gasteiger partial charge in [0.1, 0.15) is 0 Å². The van der Waals surface area contributed by atoms with Gasteiger partial charge in [0, 0.05) is 21.8 Å². The maximum absolute atomic E-state index is 9.57. The van der Waals surface area contributed by atoms with Crippen LogP contribution in [0.25, 0.3) is 0 Å². The van der Waals surface area contributed by atoms with Crippen LogP contribution in [0, 0.1) is 13.8 Å². The number of hydrogen-bond donors (Lipinski definition) is 2. The monoisotopic (exact) mass is 227 g/mol. The molecule has 1 aromatic rings. The first-order valence-corrected chi connectivity index (χ1v) is 6.13. The van der Waals surface area contributed by atoms with E-state index in [1.807, 2.05) is 32.1 Å². The van der Waals surface area contributed by atoms with Crippen molar-refractivity contribution in [1.82, 2.24) is 5.32 Å². The Bertz CT molecular complexity index is 328. The molecule has 0 aliphatic rings. The molecular formula is C12H21NOS. The van der Waals surface area contributed by atoms with E-state index in [1.165, 1.54) is 15.3 Å². The van der Waals surface area contributed by atoms with Gasteiger partial charge < -0.3 is 10.4 Å². The third kappa shape index (κ3) is 3.30. The number of nitrogens with one attached hydrogen (secondary N) is 1. The average molecular weight is 227 g/mol. The van der Waals surface area contributed by atoms with Gasteiger partial charge in [0.2, 0.25) is 0 Å². The van der Waals surface area contributed by atoms with Crippen molar-refractivity contribution < 1.29 is 5.11 Å². The Morgan fingerprint density at radius 2 is 2.07 bits per heavy atom. The first-order chi connectivity index (χ1) is 6.83. The van der Waals surface area contributed by atoms with Gasteiger partial charge >= 0.3 is 0 Å². The van der Waals surface area contributed by atoms with Gasteiger partial charge in [0.25, 0.3) is 0 Å². The van der Waals surface area contributed by atoms with Crippen molar-refractivity contribution in [2.45, 2.75) is 52.8 Å². The number of hydrogen-bond acceptors (Lipinski definition) is 3. The fourth-order valence-electron chi connectivity index (χ4n) is 1.33. The molecule has 0 radical (unpaired) electrons. The molecule has 0 saturated carbocycles. The van der Waals surface area contributed by atoms with Crippen molar-refractivity contribution in [2.24, 2.45) is 0 Å².